The monoisotopic (exact) mass is 377 g/mol. The van der Waals surface area contributed by atoms with Crippen molar-refractivity contribution < 1.29 is 4.79 Å². The minimum absolute atomic E-state index is 0.0691. The largest absolute Gasteiger partial charge is 0.341 e. The summed E-state index contributed by atoms with van der Waals surface area (Å²) < 4.78 is 0. The fraction of sp³-hybridized carbons (Fsp3) is 0.500. The molecule has 148 valence electrons. The quantitative estimate of drug-likeness (QED) is 0.735. The minimum atomic E-state index is 0.0691. The second-order valence-electron chi connectivity index (χ2n) is 8.36. The van der Waals surface area contributed by atoms with Gasteiger partial charge in [-0.3, -0.25) is 9.78 Å². The molecule has 1 amide bonds. The molecule has 2 heterocycles. The zero-order valence-corrected chi connectivity index (χ0v) is 16.9. The number of pyridine rings is 1. The van der Waals surface area contributed by atoms with E-state index in [1.807, 2.05) is 24.5 Å². The summed E-state index contributed by atoms with van der Waals surface area (Å²) in [6, 6.07) is 12.8. The Hall–Kier alpha value is -2.20. The normalized spacial score (nSPS) is 21.0. The number of carbonyl (C=O) groups is 1. The summed E-state index contributed by atoms with van der Waals surface area (Å²) in [6.07, 6.45) is 8.24. The maximum absolute atomic E-state index is 13.2. The van der Waals surface area contributed by atoms with E-state index in [-0.39, 0.29) is 5.92 Å². The van der Waals surface area contributed by atoms with Crippen LogP contribution in [0.1, 0.15) is 31.7 Å². The van der Waals surface area contributed by atoms with Gasteiger partial charge in [-0.05, 0) is 60.4 Å². The van der Waals surface area contributed by atoms with E-state index in [2.05, 4.69) is 46.0 Å². The first-order valence-electron chi connectivity index (χ1n) is 10.7. The molecule has 4 rings (SSSR count). The van der Waals surface area contributed by atoms with Crippen LogP contribution in [0.5, 0.6) is 0 Å². The van der Waals surface area contributed by atoms with Crippen molar-refractivity contribution in [3.05, 3.63) is 54.4 Å². The molecule has 1 atom stereocenters. The van der Waals surface area contributed by atoms with E-state index in [1.54, 1.807) is 0 Å². The van der Waals surface area contributed by atoms with Crippen LogP contribution >= 0.6 is 0 Å². The van der Waals surface area contributed by atoms with Crippen molar-refractivity contribution in [3.8, 4) is 11.1 Å². The van der Waals surface area contributed by atoms with E-state index in [0.717, 1.165) is 44.9 Å². The maximum atomic E-state index is 13.2. The predicted octanol–water partition coefficient (Wildman–Crippen LogP) is 3.87. The van der Waals surface area contributed by atoms with E-state index in [0.29, 0.717) is 5.91 Å². The lowest BCUT2D eigenvalue weighted by Crippen LogP contribution is -2.37. The van der Waals surface area contributed by atoms with Gasteiger partial charge in [-0.25, -0.2) is 0 Å². The highest BCUT2D eigenvalue weighted by atomic mass is 16.2. The molecule has 2 aliphatic rings. The van der Waals surface area contributed by atoms with Gasteiger partial charge in [0.1, 0.15) is 0 Å². The van der Waals surface area contributed by atoms with Crippen molar-refractivity contribution in [2.24, 2.45) is 11.8 Å². The first kappa shape index (κ1) is 19.1. The van der Waals surface area contributed by atoms with Crippen LogP contribution in [0.2, 0.25) is 0 Å². The van der Waals surface area contributed by atoms with Gasteiger partial charge in [0.05, 0.1) is 5.92 Å². The van der Waals surface area contributed by atoms with Crippen LogP contribution in [-0.2, 0) is 11.2 Å². The van der Waals surface area contributed by atoms with Crippen molar-refractivity contribution in [1.29, 1.82) is 0 Å². The van der Waals surface area contributed by atoms with Crippen molar-refractivity contribution in [2.75, 3.05) is 32.7 Å². The number of carbonyl (C=O) groups excluding carboxylic acids is 1. The highest BCUT2D eigenvalue weighted by molar-refractivity contribution is 5.79. The second kappa shape index (κ2) is 8.87. The first-order valence-corrected chi connectivity index (χ1v) is 10.7. The predicted molar refractivity (Wildman–Crippen MR) is 113 cm³/mol. The summed E-state index contributed by atoms with van der Waals surface area (Å²) in [5, 5.41) is 0. The van der Waals surface area contributed by atoms with Crippen molar-refractivity contribution in [2.45, 2.75) is 32.6 Å². The molecule has 4 nitrogen and oxygen atoms in total. The van der Waals surface area contributed by atoms with E-state index < -0.39 is 0 Å². The Morgan fingerprint density at radius 2 is 1.71 bits per heavy atom. The van der Waals surface area contributed by atoms with Crippen molar-refractivity contribution in [3.63, 3.8) is 0 Å². The van der Waals surface area contributed by atoms with Crippen molar-refractivity contribution >= 4 is 5.91 Å². The third-order valence-electron chi connectivity index (χ3n) is 5.98. The lowest BCUT2D eigenvalue weighted by atomic mass is 9.95. The van der Waals surface area contributed by atoms with E-state index >= 15 is 0 Å². The molecule has 1 aromatic heterocycles. The average Bonchev–Trinajstić information content (AvgIpc) is 3.56. The van der Waals surface area contributed by atoms with Crippen LogP contribution in [-0.4, -0.2) is 53.4 Å². The van der Waals surface area contributed by atoms with Crippen LogP contribution < -0.4 is 0 Å². The zero-order chi connectivity index (χ0) is 19.3. The lowest BCUT2D eigenvalue weighted by Gasteiger charge is -2.24. The number of rotatable bonds is 7. The van der Waals surface area contributed by atoms with Gasteiger partial charge in [0.2, 0.25) is 5.91 Å². The van der Waals surface area contributed by atoms with Crippen LogP contribution in [0, 0.1) is 11.8 Å². The molecule has 28 heavy (non-hydrogen) atoms. The van der Waals surface area contributed by atoms with Gasteiger partial charge >= 0.3 is 0 Å². The second-order valence-corrected chi connectivity index (χ2v) is 8.36. The Balaban J connectivity index is 1.47. The van der Waals surface area contributed by atoms with Gasteiger partial charge in [-0.15, -0.1) is 0 Å². The number of nitrogens with zero attached hydrogens (tertiary/aromatic N) is 3. The molecule has 0 spiro atoms. The summed E-state index contributed by atoms with van der Waals surface area (Å²) in [5.41, 5.74) is 3.62. The molecule has 0 radical (unpaired) electrons. The van der Waals surface area contributed by atoms with Crippen LogP contribution in [0.4, 0.5) is 0 Å². The molecule has 1 aliphatic carbocycles. The number of hydrogen-bond acceptors (Lipinski definition) is 3. The average molecular weight is 378 g/mol. The topological polar surface area (TPSA) is 36.4 Å². The Kier molecular flexibility index (Phi) is 6.06. The number of amides is 1. The maximum Gasteiger partial charge on any atom is 0.227 e. The Labute approximate surface area is 168 Å². The van der Waals surface area contributed by atoms with Gasteiger partial charge < -0.3 is 9.80 Å². The minimum Gasteiger partial charge on any atom is -0.341 e. The molecule has 1 aliphatic heterocycles. The molecule has 0 bridgehead atoms. The standard InChI is InChI=1S/C24H31N3O/c1-2-13-27-15-14-26(17-20-3-4-20)18-23(24(27)28)16-19-5-7-21(8-6-19)22-9-11-25-12-10-22/h5-12,20,23H,2-4,13-18H2,1H3. The summed E-state index contributed by atoms with van der Waals surface area (Å²) in [5.74, 6) is 1.28. The van der Waals surface area contributed by atoms with Crippen LogP contribution in [0.3, 0.4) is 0 Å². The summed E-state index contributed by atoms with van der Waals surface area (Å²) >= 11 is 0. The highest BCUT2D eigenvalue weighted by Crippen LogP contribution is 2.31. The van der Waals surface area contributed by atoms with E-state index in [1.165, 1.54) is 36.1 Å². The van der Waals surface area contributed by atoms with Gasteiger partial charge in [0.25, 0.3) is 0 Å². The Bertz CT molecular complexity index is 770. The summed E-state index contributed by atoms with van der Waals surface area (Å²) in [4.78, 5) is 21.9. The third-order valence-corrected chi connectivity index (χ3v) is 5.98. The fourth-order valence-electron chi connectivity index (χ4n) is 4.25. The molecular weight excluding hydrogens is 346 g/mol. The summed E-state index contributed by atoms with van der Waals surface area (Å²) in [6.45, 7) is 7.03. The van der Waals surface area contributed by atoms with E-state index in [9.17, 15) is 4.79 Å². The van der Waals surface area contributed by atoms with Crippen LogP contribution in [0.25, 0.3) is 11.1 Å². The molecule has 1 saturated heterocycles. The third kappa shape index (κ3) is 4.79. The lowest BCUT2D eigenvalue weighted by molar-refractivity contribution is -0.134. The molecule has 2 fully saturated rings. The highest BCUT2D eigenvalue weighted by Gasteiger charge is 2.32. The molecule has 1 unspecified atom stereocenters. The number of benzene rings is 1. The molecule has 1 saturated carbocycles. The fourth-order valence-corrected chi connectivity index (χ4v) is 4.25. The molecule has 0 N–H and O–H groups in total. The molecule has 4 heteroatoms. The molecule has 1 aromatic carbocycles. The zero-order valence-electron chi connectivity index (χ0n) is 16.9. The first-order chi connectivity index (χ1) is 13.7. The van der Waals surface area contributed by atoms with E-state index in [4.69, 9.17) is 0 Å². The Morgan fingerprint density at radius 1 is 1.00 bits per heavy atom. The van der Waals surface area contributed by atoms with Gasteiger partial charge in [0.15, 0.2) is 0 Å². The van der Waals surface area contributed by atoms with Gasteiger partial charge in [-0.1, -0.05) is 31.2 Å². The number of hydrogen-bond donors (Lipinski definition) is 0. The van der Waals surface area contributed by atoms with Crippen LogP contribution in [0.15, 0.2) is 48.8 Å². The van der Waals surface area contributed by atoms with Gasteiger partial charge in [0, 0.05) is 45.1 Å². The molecule has 2 aromatic rings. The Morgan fingerprint density at radius 3 is 2.39 bits per heavy atom. The van der Waals surface area contributed by atoms with Crippen molar-refractivity contribution in [1.82, 2.24) is 14.8 Å². The van der Waals surface area contributed by atoms with Gasteiger partial charge in [-0.2, -0.15) is 0 Å². The summed E-state index contributed by atoms with van der Waals surface area (Å²) in [7, 11) is 0. The smallest absolute Gasteiger partial charge is 0.227 e. The number of aromatic nitrogens is 1. The SMILES string of the molecule is CCCN1CCN(CC2CC2)CC(Cc2ccc(-c3ccncc3)cc2)C1=O. The molecular formula is C24H31N3O.